The van der Waals surface area contributed by atoms with E-state index < -0.39 is 204 Å². The van der Waals surface area contributed by atoms with Crippen LogP contribution in [0.2, 0.25) is 0 Å². The fourth-order valence-electron chi connectivity index (χ4n) is 11.4. The second-order valence-electron chi connectivity index (χ2n) is 29.6. The summed E-state index contributed by atoms with van der Waals surface area (Å²) in [6.45, 7) is 19.5. The number of nitrogens with two attached hydrogens (primary N) is 5. The largest absolute Gasteiger partial charge is 0.508 e. The number of aliphatic imine (C=N–C) groups is 1. The molecule has 0 fully saturated rings. The maximum absolute atomic E-state index is 14.8. The van der Waals surface area contributed by atoms with Crippen LogP contribution < -0.4 is 92.5 Å². The summed E-state index contributed by atoms with van der Waals surface area (Å²) < 4.78 is 0. The molecular weight excluding hydrogens is 1440 g/mol. The maximum atomic E-state index is 14.8. The second-order valence-corrected chi connectivity index (χ2v) is 29.6. The number of aliphatic hydroxyl groups excluding tert-OH is 1. The standard InChI is InChI=1S/C74H120N18O19/c1-37(2)31-50(85-66(103)52(35-45-23-25-46(94)26-24-45)87-67(104)54(36-57(96)97)88-70(107)58(40(7)8)90-68(105)51(32-38(3)4)84-61(98)42(11)81-62(99)47(76)21-18-30-80-74(78)79)65(102)82-48(22-16-17-29-75)63(100)86-53(34-44-19-14-13-15-20-44)69(106)91-59(41(9)10)71(108)92-60(43(12)93)72(109)83-49(27-28-56(77)95)64(101)89-55(73(110)111)33-39(5)6/h13-15,19-20,23-26,37-43,47-55,58-60,93-94H,16-18,21-22,27-36,75-76H2,1-12H3,(H2,77,95)(H,81,99)(H,82,102)(H,83,109)(H,84,98)(H,85,103)(H,86,100)(H,87,104)(H,88,107)(H,89,101)(H,90,105)(H,91,106)(H,92,108)(H,96,97)(H,110,111)(H4,78,79,80)/t42-,43+,47-,48-,49-,50-,51-,52-,53-,54-,55-,58-,59-,60-/m0/s1. The number of nitrogens with zero attached hydrogens (tertiary/aromatic N) is 1. The number of aliphatic carboxylic acids is 2. The summed E-state index contributed by atoms with van der Waals surface area (Å²) >= 11 is 0. The highest BCUT2D eigenvalue weighted by Gasteiger charge is 2.40. The van der Waals surface area contributed by atoms with E-state index in [9.17, 15) is 92.3 Å². The molecule has 111 heavy (non-hydrogen) atoms. The highest BCUT2D eigenvalue weighted by atomic mass is 16.4. The minimum Gasteiger partial charge on any atom is -0.508 e. The van der Waals surface area contributed by atoms with Crippen molar-refractivity contribution in [3.05, 3.63) is 65.7 Å². The molecule has 0 aliphatic carbocycles. The number of phenols is 1. The van der Waals surface area contributed by atoms with Gasteiger partial charge in [-0.25, -0.2) is 4.79 Å². The van der Waals surface area contributed by atoms with E-state index in [4.69, 9.17) is 28.7 Å². The number of carbonyl (C=O) groups is 15. The quantitative estimate of drug-likeness (QED) is 0.0180. The van der Waals surface area contributed by atoms with Crippen LogP contribution in [0.5, 0.6) is 5.75 Å². The van der Waals surface area contributed by atoms with Crippen molar-refractivity contribution in [3.63, 3.8) is 0 Å². The number of unbranched alkanes of at least 4 members (excludes halogenated alkanes) is 1. The zero-order valence-corrected chi connectivity index (χ0v) is 65.5. The number of hydrogen-bond donors (Lipinski definition) is 21. The van der Waals surface area contributed by atoms with E-state index >= 15 is 0 Å². The van der Waals surface area contributed by atoms with Crippen LogP contribution in [-0.2, 0) is 84.8 Å². The molecule has 37 nitrogen and oxygen atoms in total. The molecular formula is C74H120N18O19. The Morgan fingerprint density at radius 3 is 1.26 bits per heavy atom. The van der Waals surface area contributed by atoms with Crippen molar-refractivity contribution in [2.45, 2.75) is 251 Å². The summed E-state index contributed by atoms with van der Waals surface area (Å²) in [5, 5.41) is 71.4. The fraction of sp³-hybridized carbons (Fsp3) is 0.622. The smallest absolute Gasteiger partial charge is 0.326 e. The number of benzene rings is 2. The van der Waals surface area contributed by atoms with Gasteiger partial charge in [0.05, 0.1) is 18.6 Å². The normalized spacial score (nSPS) is 15.1. The molecule has 0 heterocycles. The number of aliphatic hydroxyl groups is 1. The monoisotopic (exact) mass is 1560 g/mol. The Hall–Kier alpha value is -10.6. The third-order valence-corrected chi connectivity index (χ3v) is 17.4. The lowest BCUT2D eigenvalue weighted by Gasteiger charge is -2.30. The summed E-state index contributed by atoms with van der Waals surface area (Å²) in [5.74, 6) is -17.9. The van der Waals surface area contributed by atoms with Gasteiger partial charge >= 0.3 is 11.9 Å². The van der Waals surface area contributed by atoms with Gasteiger partial charge in [-0.1, -0.05) is 112 Å². The molecule has 26 N–H and O–H groups in total. The van der Waals surface area contributed by atoms with Crippen LogP contribution in [0, 0.1) is 29.6 Å². The summed E-state index contributed by atoms with van der Waals surface area (Å²) in [4.78, 5) is 210. The number of carboxylic acids is 2. The van der Waals surface area contributed by atoms with Crippen LogP contribution in [-0.4, -0.2) is 213 Å². The van der Waals surface area contributed by atoms with Gasteiger partial charge in [-0.2, -0.15) is 0 Å². The first-order valence-corrected chi connectivity index (χ1v) is 37.3. The molecule has 0 saturated carbocycles. The molecule has 0 spiro atoms. The maximum Gasteiger partial charge on any atom is 0.326 e. The summed E-state index contributed by atoms with van der Waals surface area (Å²) in [6.07, 6.45) is -3.20. The lowest BCUT2D eigenvalue weighted by molar-refractivity contribution is -0.143. The zero-order chi connectivity index (χ0) is 84.1. The first-order chi connectivity index (χ1) is 51.9. The number of rotatable bonds is 51. The average molecular weight is 1570 g/mol. The van der Waals surface area contributed by atoms with Crippen molar-refractivity contribution >= 4 is 94.7 Å². The van der Waals surface area contributed by atoms with E-state index in [-0.39, 0.29) is 93.9 Å². The molecule has 0 aliphatic rings. The number of primary amides is 1. The lowest BCUT2D eigenvalue weighted by atomic mass is 9.98. The third kappa shape index (κ3) is 36.7. The number of carbonyl (C=O) groups excluding carboxylic acids is 13. The molecule has 0 aliphatic heterocycles. The van der Waals surface area contributed by atoms with Gasteiger partial charge in [-0.3, -0.25) is 72.1 Å². The molecule has 620 valence electrons. The Balaban J connectivity index is 2.58. The van der Waals surface area contributed by atoms with E-state index in [1.807, 2.05) is 0 Å². The van der Waals surface area contributed by atoms with Crippen LogP contribution in [0.15, 0.2) is 59.6 Å². The highest BCUT2D eigenvalue weighted by molar-refractivity contribution is 6.00. The fourth-order valence-corrected chi connectivity index (χ4v) is 11.4. The number of carboxylic acid groups (broad SMARTS) is 2. The Morgan fingerprint density at radius 1 is 0.405 bits per heavy atom. The molecule has 0 unspecified atom stereocenters. The van der Waals surface area contributed by atoms with Crippen molar-refractivity contribution in [1.82, 2.24) is 63.8 Å². The number of hydrogen-bond acceptors (Lipinski definition) is 20. The van der Waals surface area contributed by atoms with Gasteiger partial charge in [-0.05, 0) is 131 Å². The predicted molar refractivity (Wildman–Crippen MR) is 410 cm³/mol. The van der Waals surface area contributed by atoms with Crippen molar-refractivity contribution in [1.29, 1.82) is 0 Å². The van der Waals surface area contributed by atoms with E-state index in [2.05, 4.69) is 68.8 Å². The molecule has 0 saturated heterocycles. The van der Waals surface area contributed by atoms with Crippen molar-refractivity contribution < 1.29 is 92.3 Å². The first-order valence-electron chi connectivity index (χ1n) is 37.3. The minimum absolute atomic E-state index is 0.00143. The van der Waals surface area contributed by atoms with Crippen LogP contribution in [0.25, 0.3) is 0 Å². The van der Waals surface area contributed by atoms with Gasteiger partial charge < -0.3 is 113 Å². The summed E-state index contributed by atoms with van der Waals surface area (Å²) in [5.41, 5.74) is 28.8. The molecule has 0 aromatic heterocycles. The van der Waals surface area contributed by atoms with Crippen LogP contribution >= 0.6 is 0 Å². The van der Waals surface area contributed by atoms with Gasteiger partial charge in [-0.15, -0.1) is 0 Å². The van der Waals surface area contributed by atoms with Crippen LogP contribution in [0.1, 0.15) is 165 Å². The zero-order valence-electron chi connectivity index (χ0n) is 65.5. The molecule has 2 rings (SSSR count). The Labute approximate surface area is 647 Å². The number of nitrogens with one attached hydrogen (secondary N) is 12. The predicted octanol–water partition coefficient (Wildman–Crippen LogP) is -2.82. The number of amides is 13. The van der Waals surface area contributed by atoms with Gasteiger partial charge in [0.15, 0.2) is 5.96 Å². The van der Waals surface area contributed by atoms with Crippen molar-refractivity contribution in [2.75, 3.05) is 13.1 Å². The SMILES string of the molecule is CC(C)C[C@H](NC(=O)[C@H](CCC(N)=O)NC(=O)[C@@H](NC(=O)[C@@H](NC(=O)[C@H](Cc1ccccc1)NC(=O)[C@H](CCCCN)NC(=O)[C@H](CC(C)C)NC(=O)[C@H](Cc1ccc(O)cc1)NC(=O)[C@H](CC(=O)O)NC(=O)[C@@H](NC(=O)[C@H](CC(C)C)NC(=O)[C@H](C)NC(=O)[C@@H](N)CCCN=C(N)N)C(C)C)C(C)C)[C@@H](C)O)C(=O)O. The van der Waals surface area contributed by atoms with Crippen LogP contribution in [0.4, 0.5) is 0 Å². The van der Waals surface area contributed by atoms with Crippen molar-refractivity contribution in [3.8, 4) is 5.75 Å². The third-order valence-electron chi connectivity index (χ3n) is 17.4. The van der Waals surface area contributed by atoms with E-state index in [0.717, 1.165) is 6.92 Å². The molecule has 14 atom stereocenters. The molecule has 37 heteroatoms. The molecule has 0 radical (unpaired) electrons. The van der Waals surface area contributed by atoms with E-state index in [1.165, 1.54) is 31.2 Å². The van der Waals surface area contributed by atoms with Gasteiger partial charge in [0.2, 0.25) is 76.8 Å². The average Bonchev–Trinajstić information content (AvgIpc) is 0.847. The second kappa shape index (κ2) is 48.9. The van der Waals surface area contributed by atoms with E-state index in [1.54, 1.807) is 99.6 Å². The summed E-state index contributed by atoms with van der Waals surface area (Å²) in [7, 11) is 0. The Bertz CT molecular complexity index is 3460. The summed E-state index contributed by atoms with van der Waals surface area (Å²) in [6, 6.07) is -5.62. The topological polar surface area (TPSA) is 624 Å². The van der Waals surface area contributed by atoms with E-state index in [0.29, 0.717) is 24.0 Å². The van der Waals surface area contributed by atoms with Gasteiger partial charge in [0, 0.05) is 25.8 Å². The molecule has 2 aromatic carbocycles. The first kappa shape index (κ1) is 96.5. The number of guanidine groups is 1. The number of aromatic hydroxyl groups is 1. The Kier molecular flexibility index (Phi) is 42.5. The van der Waals surface area contributed by atoms with Crippen LogP contribution in [0.3, 0.4) is 0 Å². The lowest BCUT2D eigenvalue weighted by Crippen LogP contribution is -2.62. The molecule has 2 aromatic rings. The molecule has 13 amide bonds. The Morgan fingerprint density at radius 2 is 0.793 bits per heavy atom. The highest BCUT2D eigenvalue weighted by Crippen LogP contribution is 2.17. The number of phenolic OH excluding ortho intramolecular Hbond substituents is 1. The van der Waals surface area contributed by atoms with Crippen molar-refractivity contribution in [2.24, 2.45) is 63.3 Å². The molecule has 0 bridgehead atoms. The van der Waals surface area contributed by atoms with Gasteiger partial charge in [0.25, 0.3) is 0 Å². The van der Waals surface area contributed by atoms with Gasteiger partial charge in [0.1, 0.15) is 78.3 Å². The minimum atomic E-state index is -1.94.